The number of carboxylic acids is 1. The summed E-state index contributed by atoms with van der Waals surface area (Å²) in [4.78, 5) is 22.9. The molecule has 5 nitrogen and oxygen atoms in total. The molecule has 0 saturated heterocycles. The zero-order chi connectivity index (χ0) is 14.9. The van der Waals surface area contributed by atoms with Gasteiger partial charge in [-0.2, -0.15) is 5.10 Å². The third-order valence-corrected chi connectivity index (χ3v) is 3.12. The molecule has 0 bridgehead atoms. The summed E-state index contributed by atoms with van der Waals surface area (Å²) < 4.78 is 1.29. The van der Waals surface area contributed by atoms with Crippen molar-refractivity contribution in [2.24, 2.45) is 0 Å². The number of benzene rings is 1. The van der Waals surface area contributed by atoms with Crippen molar-refractivity contribution >= 4 is 29.2 Å². The van der Waals surface area contributed by atoms with Crippen LogP contribution in [0.5, 0.6) is 0 Å². The number of halogens is 2. The Bertz CT molecular complexity index is 721. The van der Waals surface area contributed by atoms with E-state index in [-0.39, 0.29) is 0 Å². The van der Waals surface area contributed by atoms with E-state index in [1.165, 1.54) is 10.9 Å². The molecule has 20 heavy (non-hydrogen) atoms. The number of nitrogens with zero attached hydrogens (tertiary/aromatic N) is 2. The minimum absolute atomic E-state index is 0.355. The van der Waals surface area contributed by atoms with Crippen molar-refractivity contribution in [2.45, 2.75) is 13.3 Å². The molecule has 0 aliphatic carbocycles. The summed E-state index contributed by atoms with van der Waals surface area (Å²) in [5, 5.41) is 13.6. The first-order chi connectivity index (χ1) is 9.42. The first-order valence-corrected chi connectivity index (χ1v) is 6.50. The number of carbonyl (C=O) groups is 1. The van der Waals surface area contributed by atoms with Crippen LogP contribution in [0.4, 0.5) is 0 Å². The number of hydrogen-bond acceptors (Lipinski definition) is 3. The van der Waals surface area contributed by atoms with Crippen LogP contribution in [0.15, 0.2) is 29.2 Å². The highest BCUT2D eigenvalue weighted by Gasteiger charge is 2.15. The molecule has 1 aromatic heterocycles. The van der Waals surface area contributed by atoms with Gasteiger partial charge in [-0.15, -0.1) is 0 Å². The van der Waals surface area contributed by atoms with E-state index in [4.69, 9.17) is 28.3 Å². The molecular formula is C13H10Cl2N2O3. The van der Waals surface area contributed by atoms with Gasteiger partial charge in [-0.3, -0.25) is 4.79 Å². The van der Waals surface area contributed by atoms with E-state index in [1.54, 1.807) is 25.1 Å². The van der Waals surface area contributed by atoms with Crippen molar-refractivity contribution in [3.8, 4) is 5.69 Å². The predicted molar refractivity (Wildman–Crippen MR) is 76.2 cm³/mol. The molecule has 0 unspecified atom stereocenters. The smallest absolute Gasteiger partial charge is 0.360 e. The summed E-state index contributed by atoms with van der Waals surface area (Å²) in [6, 6.07) is 4.71. The van der Waals surface area contributed by atoms with Crippen molar-refractivity contribution in [3.05, 3.63) is 55.9 Å². The van der Waals surface area contributed by atoms with Gasteiger partial charge in [0.25, 0.3) is 0 Å². The summed E-state index contributed by atoms with van der Waals surface area (Å²) in [5.41, 5.74) is -0.266. The maximum atomic E-state index is 11.9. The number of aromatic carboxylic acids is 1. The molecule has 2 aromatic rings. The lowest BCUT2D eigenvalue weighted by Gasteiger charge is -2.09. The molecule has 0 fully saturated rings. The minimum Gasteiger partial charge on any atom is -0.476 e. The van der Waals surface area contributed by atoms with Crippen molar-refractivity contribution in [1.29, 1.82) is 0 Å². The van der Waals surface area contributed by atoms with Gasteiger partial charge in [0.05, 0.1) is 5.69 Å². The van der Waals surface area contributed by atoms with Gasteiger partial charge in [0, 0.05) is 21.8 Å². The molecule has 0 aliphatic rings. The average molecular weight is 313 g/mol. The fourth-order valence-corrected chi connectivity index (χ4v) is 2.25. The molecule has 0 radical (unpaired) electrons. The standard InChI is InChI=1S/C13H10Cl2N2O3/c1-2-7-6-17(16-11(12(7)18)13(19)20)10-4-8(14)3-9(15)5-10/h3-6H,2H2,1H3,(H,19,20). The number of hydrogen-bond donors (Lipinski definition) is 1. The Morgan fingerprint density at radius 1 is 1.30 bits per heavy atom. The van der Waals surface area contributed by atoms with Crippen molar-refractivity contribution in [1.82, 2.24) is 9.78 Å². The zero-order valence-electron chi connectivity index (χ0n) is 10.4. The second kappa shape index (κ2) is 5.64. The highest BCUT2D eigenvalue weighted by Crippen LogP contribution is 2.21. The molecule has 0 spiro atoms. The number of carboxylic acid groups (broad SMARTS) is 1. The van der Waals surface area contributed by atoms with E-state index in [9.17, 15) is 9.59 Å². The summed E-state index contributed by atoms with van der Waals surface area (Å²) in [5.74, 6) is -1.37. The molecule has 7 heteroatoms. The molecule has 2 rings (SSSR count). The van der Waals surface area contributed by atoms with E-state index in [0.29, 0.717) is 27.7 Å². The van der Waals surface area contributed by atoms with Crippen LogP contribution in [0.2, 0.25) is 10.0 Å². The van der Waals surface area contributed by atoms with Gasteiger partial charge >= 0.3 is 5.97 Å². The van der Waals surface area contributed by atoms with Crippen LogP contribution in [0.3, 0.4) is 0 Å². The summed E-state index contributed by atoms with van der Waals surface area (Å²) in [7, 11) is 0. The number of rotatable bonds is 3. The van der Waals surface area contributed by atoms with Crippen LogP contribution >= 0.6 is 23.2 Å². The van der Waals surface area contributed by atoms with Crippen LogP contribution in [0, 0.1) is 0 Å². The molecule has 0 atom stereocenters. The topological polar surface area (TPSA) is 72.2 Å². The van der Waals surface area contributed by atoms with Gasteiger partial charge in [-0.25, -0.2) is 9.48 Å². The van der Waals surface area contributed by atoms with E-state index in [1.807, 2.05) is 0 Å². The highest BCUT2D eigenvalue weighted by molar-refractivity contribution is 6.34. The molecule has 1 N–H and O–H groups in total. The molecular weight excluding hydrogens is 303 g/mol. The second-order valence-electron chi connectivity index (χ2n) is 4.06. The van der Waals surface area contributed by atoms with E-state index in [2.05, 4.69) is 5.10 Å². The van der Waals surface area contributed by atoms with Crippen LogP contribution in [-0.4, -0.2) is 20.9 Å². The lowest BCUT2D eigenvalue weighted by Crippen LogP contribution is -2.24. The Morgan fingerprint density at radius 2 is 1.90 bits per heavy atom. The Labute approximate surface area is 124 Å². The lowest BCUT2D eigenvalue weighted by atomic mass is 10.2. The van der Waals surface area contributed by atoms with Crippen molar-refractivity contribution < 1.29 is 9.90 Å². The van der Waals surface area contributed by atoms with Gasteiger partial charge in [0.15, 0.2) is 0 Å². The molecule has 1 aromatic carbocycles. The zero-order valence-corrected chi connectivity index (χ0v) is 11.9. The van der Waals surface area contributed by atoms with Gasteiger partial charge in [-0.1, -0.05) is 30.1 Å². The number of aryl methyl sites for hydroxylation is 1. The Balaban J connectivity index is 2.71. The molecule has 0 saturated carbocycles. The summed E-state index contributed by atoms with van der Waals surface area (Å²) >= 11 is 11.8. The minimum atomic E-state index is -1.37. The quantitative estimate of drug-likeness (QED) is 0.946. The Kier molecular flexibility index (Phi) is 4.11. The van der Waals surface area contributed by atoms with E-state index >= 15 is 0 Å². The van der Waals surface area contributed by atoms with Gasteiger partial charge in [0.2, 0.25) is 11.1 Å². The molecule has 0 amide bonds. The van der Waals surface area contributed by atoms with Gasteiger partial charge in [-0.05, 0) is 24.6 Å². The normalized spacial score (nSPS) is 10.6. The fourth-order valence-electron chi connectivity index (χ4n) is 1.74. The van der Waals surface area contributed by atoms with Crippen molar-refractivity contribution in [2.75, 3.05) is 0 Å². The molecule has 0 aliphatic heterocycles. The predicted octanol–water partition coefficient (Wildman–Crippen LogP) is 2.80. The molecule has 1 heterocycles. The summed E-state index contributed by atoms with van der Waals surface area (Å²) in [6.07, 6.45) is 1.88. The van der Waals surface area contributed by atoms with Gasteiger partial charge < -0.3 is 5.11 Å². The third-order valence-electron chi connectivity index (χ3n) is 2.69. The Morgan fingerprint density at radius 3 is 2.40 bits per heavy atom. The average Bonchev–Trinajstić information content (AvgIpc) is 2.37. The monoisotopic (exact) mass is 312 g/mol. The fraction of sp³-hybridized carbons (Fsp3) is 0.154. The van der Waals surface area contributed by atoms with Crippen LogP contribution < -0.4 is 5.43 Å². The molecule has 104 valence electrons. The van der Waals surface area contributed by atoms with E-state index < -0.39 is 17.1 Å². The van der Waals surface area contributed by atoms with Crippen LogP contribution in [0.1, 0.15) is 23.0 Å². The maximum absolute atomic E-state index is 11.9. The van der Waals surface area contributed by atoms with Gasteiger partial charge in [0.1, 0.15) is 0 Å². The van der Waals surface area contributed by atoms with E-state index in [0.717, 1.165) is 0 Å². The third kappa shape index (κ3) is 2.84. The van der Waals surface area contributed by atoms with Crippen molar-refractivity contribution in [3.63, 3.8) is 0 Å². The van der Waals surface area contributed by atoms with Crippen LogP contribution in [-0.2, 0) is 6.42 Å². The Hall–Kier alpha value is -1.85. The SMILES string of the molecule is CCc1cn(-c2cc(Cl)cc(Cl)c2)nc(C(=O)O)c1=O. The highest BCUT2D eigenvalue weighted by atomic mass is 35.5. The first-order valence-electron chi connectivity index (χ1n) is 5.75. The number of aromatic nitrogens is 2. The second-order valence-corrected chi connectivity index (χ2v) is 4.94. The maximum Gasteiger partial charge on any atom is 0.360 e. The summed E-state index contributed by atoms with van der Waals surface area (Å²) in [6.45, 7) is 1.76. The first kappa shape index (κ1) is 14.6. The largest absolute Gasteiger partial charge is 0.476 e. The van der Waals surface area contributed by atoms with Crippen LogP contribution in [0.25, 0.3) is 5.69 Å². The lowest BCUT2D eigenvalue weighted by molar-refractivity contribution is 0.0686.